The molecule has 0 spiro atoms. The van der Waals surface area contributed by atoms with Crippen LogP contribution < -0.4 is 8.85 Å². The van der Waals surface area contributed by atoms with Gasteiger partial charge >= 0.3 is 0 Å². The highest BCUT2D eigenvalue weighted by molar-refractivity contribution is 7.31. The molecule has 4 rings (SSSR count). The van der Waals surface area contributed by atoms with Crippen molar-refractivity contribution in [2.24, 2.45) is 0 Å². The Morgan fingerprint density at radius 3 is 0.848 bits per heavy atom. The van der Waals surface area contributed by atoms with E-state index in [0.717, 1.165) is 11.5 Å². The van der Waals surface area contributed by atoms with Crippen molar-refractivity contribution < 1.29 is 8.85 Å². The molecule has 0 saturated carbocycles. The van der Waals surface area contributed by atoms with E-state index in [2.05, 4.69) is 159 Å². The molecule has 0 radical (unpaired) electrons. The SMILES string of the molecule is CC(C)(C)c1cc(-c2cc3sc(-c4cc(C(C)(C)C)c(O[Si](C)(C)C)c(C(C)(C)C)c4)cc3s2)cc(C(C)(C)C)c1O[Si](C)(C)C. The van der Waals surface area contributed by atoms with Crippen molar-refractivity contribution in [2.45, 2.75) is 144 Å². The molecule has 0 amide bonds. The topological polar surface area (TPSA) is 18.5 Å². The van der Waals surface area contributed by atoms with E-state index in [1.54, 1.807) is 0 Å². The Hall–Kier alpha value is -1.87. The average molecular weight is 693 g/mol. The van der Waals surface area contributed by atoms with Crippen LogP contribution >= 0.6 is 22.7 Å². The highest BCUT2D eigenvalue weighted by Gasteiger charge is 2.33. The van der Waals surface area contributed by atoms with E-state index >= 15 is 0 Å². The number of fused-ring (bicyclic) bond motifs is 1. The van der Waals surface area contributed by atoms with E-state index in [1.807, 2.05) is 22.7 Å². The third-order valence-electron chi connectivity index (χ3n) is 8.00. The molecule has 2 aromatic heterocycles. The molecule has 0 bridgehead atoms. The minimum Gasteiger partial charge on any atom is -0.544 e. The fourth-order valence-electron chi connectivity index (χ4n) is 5.72. The molecule has 4 aromatic rings. The Balaban J connectivity index is 1.89. The summed E-state index contributed by atoms with van der Waals surface area (Å²) in [5.74, 6) is 2.21. The summed E-state index contributed by atoms with van der Waals surface area (Å²) < 4.78 is 16.4. The van der Waals surface area contributed by atoms with E-state index < -0.39 is 16.6 Å². The van der Waals surface area contributed by atoms with Crippen molar-refractivity contribution in [3.8, 4) is 32.4 Å². The van der Waals surface area contributed by atoms with Gasteiger partial charge in [-0.25, -0.2) is 0 Å². The zero-order chi connectivity index (χ0) is 35.0. The van der Waals surface area contributed by atoms with Crippen LogP contribution in [0.4, 0.5) is 0 Å². The normalized spacial score (nSPS) is 13.9. The standard InChI is InChI=1S/C40H60O2S2Si2/c1-37(2,3)27-19-25(20-28(38(4,5)6)35(27)41-45(13,14)15)31-23-33-34(43-31)24-32(44-33)26-21-29(39(7,8)9)36(42-46(16,17)18)30(22-26)40(10,11)12/h19-24H,1-18H3. The second-order valence-corrected chi connectivity index (χ2v) is 30.2. The van der Waals surface area contributed by atoms with Gasteiger partial charge < -0.3 is 8.85 Å². The Morgan fingerprint density at radius 2 is 0.652 bits per heavy atom. The van der Waals surface area contributed by atoms with Gasteiger partial charge in [0.2, 0.25) is 16.6 Å². The summed E-state index contributed by atoms with van der Waals surface area (Å²) in [5.41, 5.74) is 7.68. The molecule has 0 unspecified atom stereocenters. The zero-order valence-electron chi connectivity index (χ0n) is 32.1. The van der Waals surface area contributed by atoms with Crippen LogP contribution in [-0.4, -0.2) is 16.6 Å². The van der Waals surface area contributed by atoms with Crippen LogP contribution in [0.25, 0.3) is 30.3 Å². The van der Waals surface area contributed by atoms with E-state index in [0.29, 0.717) is 0 Å². The van der Waals surface area contributed by atoms with Crippen LogP contribution in [0.2, 0.25) is 39.3 Å². The lowest BCUT2D eigenvalue weighted by Gasteiger charge is -2.34. The molecule has 0 aliphatic carbocycles. The fraction of sp³-hybridized carbons (Fsp3) is 0.550. The van der Waals surface area contributed by atoms with E-state index in [-0.39, 0.29) is 21.7 Å². The van der Waals surface area contributed by atoms with E-state index in [9.17, 15) is 0 Å². The van der Waals surface area contributed by atoms with Crippen LogP contribution in [0, 0.1) is 0 Å². The monoisotopic (exact) mass is 692 g/mol. The number of thiophene rings is 2. The molecule has 2 heterocycles. The number of hydrogen-bond acceptors (Lipinski definition) is 4. The summed E-state index contributed by atoms with van der Waals surface area (Å²) in [4.78, 5) is 2.65. The lowest BCUT2D eigenvalue weighted by atomic mass is 9.78. The summed E-state index contributed by atoms with van der Waals surface area (Å²) in [5, 5.41) is 0. The van der Waals surface area contributed by atoms with Gasteiger partial charge in [-0.1, -0.05) is 83.1 Å². The molecule has 0 saturated heterocycles. The zero-order valence-corrected chi connectivity index (χ0v) is 35.7. The summed E-state index contributed by atoms with van der Waals surface area (Å²) in [7, 11) is -3.64. The summed E-state index contributed by atoms with van der Waals surface area (Å²) in [6.07, 6.45) is 0. The van der Waals surface area contributed by atoms with Gasteiger partial charge in [0.25, 0.3) is 0 Å². The fourth-order valence-corrected chi connectivity index (χ4v) is 9.76. The van der Waals surface area contributed by atoms with Crippen molar-refractivity contribution in [1.29, 1.82) is 0 Å². The summed E-state index contributed by atoms with van der Waals surface area (Å²) in [6.45, 7) is 41.5. The van der Waals surface area contributed by atoms with Crippen LogP contribution in [0.3, 0.4) is 0 Å². The third kappa shape index (κ3) is 8.40. The molecular formula is C40H60O2S2Si2. The van der Waals surface area contributed by atoms with Gasteiger partial charge in [0.05, 0.1) is 0 Å². The number of hydrogen-bond donors (Lipinski definition) is 0. The summed E-state index contributed by atoms with van der Waals surface area (Å²) in [6, 6.07) is 14.5. The van der Waals surface area contributed by atoms with Crippen molar-refractivity contribution in [1.82, 2.24) is 0 Å². The van der Waals surface area contributed by atoms with Crippen molar-refractivity contribution in [3.05, 3.63) is 58.7 Å². The third-order valence-corrected chi connectivity index (χ3v) is 12.0. The van der Waals surface area contributed by atoms with Gasteiger partial charge in [0.1, 0.15) is 11.5 Å². The number of rotatable bonds is 6. The Labute approximate surface area is 291 Å². The minimum absolute atomic E-state index is 0.0340. The Kier molecular flexibility index (Phi) is 9.58. The lowest BCUT2D eigenvalue weighted by molar-refractivity contribution is 0.477. The van der Waals surface area contributed by atoms with Crippen LogP contribution in [-0.2, 0) is 21.7 Å². The summed E-state index contributed by atoms with van der Waals surface area (Å²) >= 11 is 3.83. The molecule has 0 aliphatic heterocycles. The molecule has 0 atom stereocenters. The van der Waals surface area contributed by atoms with Crippen molar-refractivity contribution in [2.75, 3.05) is 0 Å². The molecule has 2 nitrogen and oxygen atoms in total. The Bertz CT molecular complexity index is 1510. The first-order valence-corrected chi connectivity index (χ1v) is 25.3. The van der Waals surface area contributed by atoms with E-state index in [1.165, 1.54) is 52.5 Å². The lowest BCUT2D eigenvalue weighted by Crippen LogP contribution is -2.32. The molecule has 0 aliphatic rings. The number of benzene rings is 2. The van der Waals surface area contributed by atoms with Gasteiger partial charge in [-0.05, 0) is 131 Å². The first-order valence-electron chi connectivity index (χ1n) is 16.8. The molecule has 0 N–H and O–H groups in total. The average Bonchev–Trinajstić information content (AvgIpc) is 3.39. The molecule has 6 heteroatoms. The first kappa shape index (κ1) is 37.0. The van der Waals surface area contributed by atoms with Gasteiger partial charge in [-0.2, -0.15) is 0 Å². The largest absolute Gasteiger partial charge is 0.544 e. The molecule has 2 aromatic carbocycles. The Morgan fingerprint density at radius 1 is 0.413 bits per heavy atom. The molecule has 46 heavy (non-hydrogen) atoms. The maximum Gasteiger partial charge on any atom is 0.242 e. The maximum absolute atomic E-state index is 6.86. The van der Waals surface area contributed by atoms with Gasteiger partial charge in [-0.3, -0.25) is 0 Å². The second-order valence-electron chi connectivity index (χ2n) is 19.2. The van der Waals surface area contributed by atoms with Gasteiger partial charge in [-0.15, -0.1) is 22.7 Å². The van der Waals surface area contributed by atoms with Crippen LogP contribution in [0.5, 0.6) is 11.5 Å². The second kappa shape index (κ2) is 11.9. The molecular weight excluding hydrogens is 633 g/mol. The van der Waals surface area contributed by atoms with Gasteiger partial charge in [0.15, 0.2) is 0 Å². The van der Waals surface area contributed by atoms with Crippen molar-refractivity contribution >= 4 is 48.7 Å². The smallest absolute Gasteiger partial charge is 0.242 e. The predicted octanol–water partition coefficient (Wildman–Crippen LogP) is 13.9. The van der Waals surface area contributed by atoms with Gasteiger partial charge in [0, 0.05) is 19.2 Å². The highest BCUT2D eigenvalue weighted by Crippen LogP contribution is 2.49. The highest BCUT2D eigenvalue weighted by atomic mass is 32.1. The van der Waals surface area contributed by atoms with E-state index in [4.69, 9.17) is 8.85 Å². The van der Waals surface area contributed by atoms with Crippen LogP contribution in [0.15, 0.2) is 36.4 Å². The predicted molar refractivity (Wildman–Crippen MR) is 213 cm³/mol. The quantitative estimate of drug-likeness (QED) is 0.187. The molecule has 252 valence electrons. The minimum atomic E-state index is -1.82. The maximum atomic E-state index is 6.86. The molecule has 0 fully saturated rings. The van der Waals surface area contributed by atoms with Crippen LogP contribution in [0.1, 0.15) is 105 Å². The van der Waals surface area contributed by atoms with Crippen molar-refractivity contribution in [3.63, 3.8) is 0 Å². The first-order chi connectivity index (χ1) is 20.5.